The Morgan fingerprint density at radius 3 is 3.00 bits per heavy atom. The lowest BCUT2D eigenvalue weighted by molar-refractivity contribution is 0.171. The molecule has 0 N–H and O–H groups in total. The van der Waals surface area contributed by atoms with Crippen LogP contribution in [0, 0.1) is 0 Å². The Bertz CT molecular complexity index is 528. The van der Waals surface area contributed by atoms with Crippen molar-refractivity contribution in [2.24, 2.45) is 0 Å². The van der Waals surface area contributed by atoms with E-state index in [4.69, 9.17) is 21.1 Å². The largest absolute Gasteiger partial charge is 0.486 e. The Labute approximate surface area is 103 Å². The summed E-state index contributed by atoms with van der Waals surface area (Å²) < 4.78 is 12.7. The molecule has 6 heteroatoms. The van der Waals surface area contributed by atoms with Gasteiger partial charge in [0, 0.05) is 0 Å². The summed E-state index contributed by atoms with van der Waals surface area (Å²) in [4.78, 5) is 3.89. The minimum Gasteiger partial charge on any atom is -0.486 e. The second-order valence-electron chi connectivity index (χ2n) is 3.69. The number of hydrogen-bond donors (Lipinski definition) is 0. The van der Waals surface area contributed by atoms with E-state index in [0.717, 1.165) is 5.56 Å². The lowest BCUT2D eigenvalue weighted by atomic mass is 10.2. The van der Waals surface area contributed by atoms with Crippen molar-refractivity contribution in [3.05, 3.63) is 35.4 Å². The van der Waals surface area contributed by atoms with Gasteiger partial charge in [0.05, 0.1) is 11.6 Å². The lowest BCUT2D eigenvalue weighted by Crippen LogP contribution is -2.16. The first-order valence-electron chi connectivity index (χ1n) is 5.23. The van der Waals surface area contributed by atoms with E-state index in [-0.39, 0.29) is 0 Å². The number of nitrogens with zero attached hydrogens (tertiary/aromatic N) is 3. The molecule has 1 aromatic carbocycles. The van der Waals surface area contributed by atoms with Gasteiger partial charge in [-0.25, -0.2) is 9.67 Å². The number of ether oxygens (including phenoxy) is 2. The maximum atomic E-state index is 6.14. The molecule has 0 radical (unpaired) electrons. The minimum absolute atomic E-state index is 0.537. The number of halogens is 1. The predicted molar refractivity (Wildman–Crippen MR) is 61.6 cm³/mol. The summed E-state index contributed by atoms with van der Waals surface area (Å²) in [6.45, 7) is 1.70. The smallest absolute Gasteiger partial charge is 0.179 e. The zero-order chi connectivity index (χ0) is 11.7. The predicted octanol–water partition coefficient (Wildman–Crippen LogP) is 1.75. The van der Waals surface area contributed by atoms with Gasteiger partial charge in [0.2, 0.25) is 0 Å². The van der Waals surface area contributed by atoms with Crippen LogP contribution in [0.4, 0.5) is 0 Å². The second-order valence-corrected chi connectivity index (χ2v) is 4.10. The van der Waals surface area contributed by atoms with E-state index in [0.29, 0.717) is 36.3 Å². The first-order chi connectivity index (χ1) is 8.33. The fourth-order valence-corrected chi connectivity index (χ4v) is 2.04. The summed E-state index contributed by atoms with van der Waals surface area (Å²) in [6.07, 6.45) is 3.16. The molecular formula is C11H10ClN3O2. The van der Waals surface area contributed by atoms with E-state index in [1.807, 2.05) is 12.1 Å². The molecule has 0 fully saturated rings. The number of fused-ring (bicyclic) bond motifs is 1. The van der Waals surface area contributed by atoms with Gasteiger partial charge in [-0.3, -0.25) is 0 Å². The fourth-order valence-electron chi connectivity index (χ4n) is 1.76. The molecule has 0 saturated heterocycles. The van der Waals surface area contributed by atoms with E-state index in [1.165, 1.54) is 6.33 Å². The Morgan fingerprint density at radius 1 is 1.29 bits per heavy atom. The summed E-state index contributed by atoms with van der Waals surface area (Å²) in [5.74, 6) is 1.32. The van der Waals surface area contributed by atoms with E-state index < -0.39 is 0 Å². The third-order valence-corrected chi connectivity index (χ3v) is 2.75. The highest BCUT2D eigenvalue weighted by atomic mass is 35.5. The van der Waals surface area contributed by atoms with Crippen LogP contribution in [0.15, 0.2) is 24.8 Å². The zero-order valence-electron chi connectivity index (χ0n) is 8.97. The fraction of sp³-hybridized carbons (Fsp3) is 0.273. The first kappa shape index (κ1) is 10.4. The summed E-state index contributed by atoms with van der Waals surface area (Å²) in [5.41, 5.74) is 1.00. The molecule has 3 rings (SSSR count). The Kier molecular flexibility index (Phi) is 2.60. The number of benzene rings is 1. The van der Waals surface area contributed by atoms with Crippen molar-refractivity contribution in [1.82, 2.24) is 14.8 Å². The van der Waals surface area contributed by atoms with Crippen LogP contribution >= 0.6 is 11.6 Å². The van der Waals surface area contributed by atoms with Crippen molar-refractivity contribution < 1.29 is 9.47 Å². The van der Waals surface area contributed by atoms with Crippen LogP contribution in [0.5, 0.6) is 11.5 Å². The van der Waals surface area contributed by atoms with E-state index in [2.05, 4.69) is 10.1 Å². The molecule has 1 aliphatic heterocycles. The highest BCUT2D eigenvalue weighted by molar-refractivity contribution is 6.32. The quantitative estimate of drug-likeness (QED) is 0.816. The molecule has 88 valence electrons. The second kappa shape index (κ2) is 4.25. The highest BCUT2D eigenvalue weighted by Gasteiger charge is 2.16. The molecule has 1 aromatic heterocycles. The average Bonchev–Trinajstić information content (AvgIpc) is 2.82. The first-order valence-corrected chi connectivity index (χ1v) is 5.61. The average molecular weight is 252 g/mol. The van der Waals surface area contributed by atoms with Crippen molar-refractivity contribution in [2.75, 3.05) is 13.2 Å². The van der Waals surface area contributed by atoms with Crippen molar-refractivity contribution >= 4 is 11.6 Å². The summed E-state index contributed by atoms with van der Waals surface area (Å²) in [7, 11) is 0. The van der Waals surface area contributed by atoms with E-state index in [9.17, 15) is 0 Å². The van der Waals surface area contributed by atoms with Gasteiger partial charge in [0.25, 0.3) is 0 Å². The van der Waals surface area contributed by atoms with Crippen molar-refractivity contribution in [3.63, 3.8) is 0 Å². The van der Waals surface area contributed by atoms with Crippen LogP contribution in [-0.2, 0) is 6.54 Å². The molecule has 0 atom stereocenters. The standard InChI is InChI=1S/C11H10ClN3O2/c12-9-3-8(5-15-7-13-6-14-15)4-10-11(9)17-2-1-16-10/h3-4,6-7H,1-2,5H2. The Hall–Kier alpha value is -1.75. The van der Waals surface area contributed by atoms with Crippen molar-refractivity contribution in [1.29, 1.82) is 0 Å². The van der Waals surface area contributed by atoms with Gasteiger partial charge in [-0.05, 0) is 17.7 Å². The molecule has 2 heterocycles. The maximum absolute atomic E-state index is 6.14. The van der Waals surface area contributed by atoms with Crippen LogP contribution in [0.25, 0.3) is 0 Å². The van der Waals surface area contributed by atoms with Crippen LogP contribution < -0.4 is 9.47 Å². The van der Waals surface area contributed by atoms with Crippen LogP contribution in [0.3, 0.4) is 0 Å². The van der Waals surface area contributed by atoms with E-state index >= 15 is 0 Å². The van der Waals surface area contributed by atoms with Crippen molar-refractivity contribution in [3.8, 4) is 11.5 Å². The van der Waals surface area contributed by atoms with Gasteiger partial charge in [0.15, 0.2) is 11.5 Å². The maximum Gasteiger partial charge on any atom is 0.179 e. The highest BCUT2D eigenvalue weighted by Crippen LogP contribution is 2.38. The van der Waals surface area contributed by atoms with Gasteiger partial charge >= 0.3 is 0 Å². The lowest BCUT2D eigenvalue weighted by Gasteiger charge is -2.20. The van der Waals surface area contributed by atoms with Gasteiger partial charge < -0.3 is 9.47 Å². The number of aromatic nitrogens is 3. The molecule has 0 bridgehead atoms. The van der Waals surface area contributed by atoms with Crippen molar-refractivity contribution in [2.45, 2.75) is 6.54 Å². The molecule has 0 aliphatic carbocycles. The molecule has 0 saturated carbocycles. The van der Waals surface area contributed by atoms with Crippen LogP contribution in [0.2, 0.25) is 5.02 Å². The van der Waals surface area contributed by atoms with Gasteiger partial charge in [-0.1, -0.05) is 11.6 Å². The monoisotopic (exact) mass is 251 g/mol. The molecular weight excluding hydrogens is 242 g/mol. The normalized spacial score (nSPS) is 13.7. The van der Waals surface area contributed by atoms with Gasteiger partial charge in [-0.2, -0.15) is 5.10 Å². The molecule has 1 aliphatic rings. The molecule has 0 spiro atoms. The molecule has 17 heavy (non-hydrogen) atoms. The third-order valence-electron chi connectivity index (χ3n) is 2.47. The summed E-state index contributed by atoms with van der Waals surface area (Å²) >= 11 is 6.14. The van der Waals surface area contributed by atoms with Crippen LogP contribution in [0.1, 0.15) is 5.56 Å². The topological polar surface area (TPSA) is 49.2 Å². The molecule has 0 unspecified atom stereocenters. The minimum atomic E-state index is 0.537. The SMILES string of the molecule is Clc1cc(Cn2cncn2)cc2c1OCCO2. The van der Waals surface area contributed by atoms with Gasteiger partial charge in [0.1, 0.15) is 25.9 Å². The molecule has 5 nitrogen and oxygen atoms in total. The van der Waals surface area contributed by atoms with E-state index in [1.54, 1.807) is 11.0 Å². The summed E-state index contributed by atoms with van der Waals surface area (Å²) in [5, 5.41) is 4.61. The Balaban J connectivity index is 1.93. The van der Waals surface area contributed by atoms with Crippen LogP contribution in [-0.4, -0.2) is 28.0 Å². The zero-order valence-corrected chi connectivity index (χ0v) is 9.72. The Morgan fingerprint density at radius 2 is 2.18 bits per heavy atom. The summed E-state index contributed by atoms with van der Waals surface area (Å²) in [6, 6.07) is 3.78. The number of rotatable bonds is 2. The van der Waals surface area contributed by atoms with Gasteiger partial charge in [-0.15, -0.1) is 0 Å². The number of hydrogen-bond acceptors (Lipinski definition) is 4. The third kappa shape index (κ3) is 2.06. The molecule has 2 aromatic rings. The molecule has 0 amide bonds.